The zero-order chi connectivity index (χ0) is 30.3. The van der Waals surface area contributed by atoms with Gasteiger partial charge in [-0.3, -0.25) is 9.59 Å². The summed E-state index contributed by atoms with van der Waals surface area (Å²) in [4.78, 5) is 26.7. The molecule has 6 aliphatic carbocycles. The maximum atomic E-state index is 13.4. The fraction of sp³-hybridized carbons (Fsp3) is 0.632. The lowest BCUT2D eigenvalue weighted by atomic mass is 9.47. The second-order valence-electron chi connectivity index (χ2n) is 14.0. The summed E-state index contributed by atoms with van der Waals surface area (Å²) >= 11 is 0. The van der Waals surface area contributed by atoms with Crippen LogP contribution in [0.3, 0.4) is 0 Å². The molecule has 8 rings (SSSR count). The van der Waals surface area contributed by atoms with Gasteiger partial charge in [-0.2, -0.15) is 0 Å². The lowest BCUT2D eigenvalue weighted by Gasteiger charge is -2.54. The molecule has 0 amide bonds. The van der Waals surface area contributed by atoms with Gasteiger partial charge in [0.2, 0.25) is 0 Å². The van der Waals surface area contributed by atoms with E-state index in [1.165, 1.54) is 64.2 Å². The van der Waals surface area contributed by atoms with Gasteiger partial charge in [0.25, 0.3) is 0 Å². The maximum absolute atomic E-state index is 13.4. The van der Waals surface area contributed by atoms with Gasteiger partial charge < -0.3 is 18.9 Å². The van der Waals surface area contributed by atoms with E-state index < -0.39 is 0 Å². The normalized spacial score (nSPS) is 32.1. The Morgan fingerprint density at radius 2 is 0.773 bits per heavy atom. The molecule has 6 heteroatoms. The van der Waals surface area contributed by atoms with Crippen molar-refractivity contribution in [3.05, 3.63) is 48.5 Å². The quantitative estimate of drug-likeness (QED) is 0.0863. The number of benzene rings is 2. The number of rotatable bonds is 20. The molecule has 0 atom stereocenters. The molecule has 6 aliphatic rings. The molecule has 6 fully saturated rings. The molecule has 2 aromatic rings. The van der Waals surface area contributed by atoms with Crippen LogP contribution in [0.15, 0.2) is 48.5 Å². The van der Waals surface area contributed by atoms with Crippen molar-refractivity contribution < 1.29 is 28.5 Å². The lowest BCUT2D eigenvalue weighted by molar-refractivity contribution is -0.182. The Morgan fingerprint density at radius 3 is 1.11 bits per heavy atom. The van der Waals surface area contributed by atoms with Gasteiger partial charge in [-0.25, -0.2) is 0 Å². The van der Waals surface area contributed by atoms with Gasteiger partial charge in [0.15, 0.2) is 0 Å². The van der Waals surface area contributed by atoms with Gasteiger partial charge in [0, 0.05) is 0 Å². The van der Waals surface area contributed by atoms with Crippen LogP contribution in [0.25, 0.3) is 0 Å². The number of carbonyl (C=O) groups is 2. The summed E-state index contributed by atoms with van der Waals surface area (Å²) in [5.74, 6) is 4.33. The number of esters is 2. The first-order valence-electron chi connectivity index (χ1n) is 17.5. The van der Waals surface area contributed by atoms with E-state index >= 15 is 0 Å². The molecule has 44 heavy (non-hydrogen) atoms. The predicted octanol–water partition coefficient (Wildman–Crippen LogP) is 8.41. The van der Waals surface area contributed by atoms with Crippen LogP contribution in [0.1, 0.15) is 90.9 Å². The highest BCUT2D eigenvalue weighted by Gasteiger charge is 3.13. The molecule has 0 spiro atoms. The van der Waals surface area contributed by atoms with Crippen LogP contribution in [0.4, 0.5) is 0 Å². The maximum Gasteiger partial charge on any atom is 0.318 e. The smallest absolute Gasteiger partial charge is 0.318 e. The summed E-state index contributed by atoms with van der Waals surface area (Å²) in [5, 5.41) is 0. The standard InChI is InChI=1S/C38H48O6/c1-3-5-7-9-11-13-23-41-25-15-19-27(20-16-25)43-35(39)37-29-31(37)32-30-33(37)34(29)38(30,32)36(40)44-28-21-17-26(18-22-28)42-24-14-12-10-8-6-4-2/h15-22,29-34H,3-14,23-24H2,1-2H3. The molecule has 6 nitrogen and oxygen atoms in total. The lowest BCUT2D eigenvalue weighted by Crippen LogP contribution is -2.61. The van der Waals surface area contributed by atoms with Crippen molar-refractivity contribution >= 4 is 11.9 Å². The molecule has 0 saturated heterocycles. The topological polar surface area (TPSA) is 71.1 Å². The number of ether oxygens (including phenoxy) is 4. The Balaban J connectivity index is 0.840. The van der Waals surface area contributed by atoms with Crippen molar-refractivity contribution in [1.29, 1.82) is 0 Å². The molecule has 6 saturated carbocycles. The van der Waals surface area contributed by atoms with E-state index in [1.54, 1.807) is 0 Å². The van der Waals surface area contributed by atoms with Crippen molar-refractivity contribution in [3.8, 4) is 23.0 Å². The SMILES string of the molecule is CCCCCCCCOc1ccc(OC(=O)C23C4C2C2C5C3C4C52C(=O)Oc2ccc(OCCCCCCCC)cc2)cc1. The first-order valence-corrected chi connectivity index (χ1v) is 17.5. The fourth-order valence-corrected chi connectivity index (χ4v) is 9.86. The number of carbonyl (C=O) groups excluding carboxylic acids is 2. The summed E-state index contributed by atoms with van der Waals surface area (Å²) in [7, 11) is 0. The van der Waals surface area contributed by atoms with Gasteiger partial charge >= 0.3 is 11.9 Å². The number of unbranched alkanes of at least 4 members (excludes halogenated alkanes) is 10. The summed E-state index contributed by atoms with van der Waals surface area (Å²) in [5.41, 5.74) is -0.687. The van der Waals surface area contributed by atoms with E-state index in [0.717, 1.165) is 24.3 Å². The summed E-state index contributed by atoms with van der Waals surface area (Å²) in [6.07, 6.45) is 14.8. The third kappa shape index (κ3) is 4.57. The molecular weight excluding hydrogens is 552 g/mol. The second-order valence-corrected chi connectivity index (χ2v) is 14.0. The minimum Gasteiger partial charge on any atom is -0.494 e. The molecule has 0 bridgehead atoms. The average Bonchev–Trinajstić information content (AvgIpc) is 3.77. The highest BCUT2D eigenvalue weighted by molar-refractivity contribution is 5.98. The van der Waals surface area contributed by atoms with Crippen LogP contribution in [-0.2, 0) is 9.59 Å². The third-order valence-electron chi connectivity index (χ3n) is 11.7. The molecule has 0 heterocycles. The first-order chi connectivity index (χ1) is 21.6. The van der Waals surface area contributed by atoms with Crippen molar-refractivity contribution in [2.24, 2.45) is 46.3 Å². The van der Waals surface area contributed by atoms with Crippen molar-refractivity contribution in [2.45, 2.75) is 90.9 Å². The van der Waals surface area contributed by atoms with E-state index in [1.807, 2.05) is 48.5 Å². The molecule has 0 radical (unpaired) electrons. The summed E-state index contributed by atoms with van der Waals surface area (Å²) in [6.45, 7) is 5.89. The zero-order valence-electron chi connectivity index (χ0n) is 26.4. The molecule has 0 unspecified atom stereocenters. The summed E-state index contributed by atoms with van der Waals surface area (Å²) in [6, 6.07) is 14.9. The van der Waals surface area contributed by atoms with E-state index in [2.05, 4.69) is 13.8 Å². The van der Waals surface area contributed by atoms with Crippen LogP contribution in [-0.4, -0.2) is 25.2 Å². The number of hydrogen-bond acceptors (Lipinski definition) is 6. The Morgan fingerprint density at radius 1 is 0.477 bits per heavy atom. The molecule has 2 aromatic carbocycles. The second kappa shape index (κ2) is 12.1. The number of hydrogen-bond donors (Lipinski definition) is 0. The highest BCUT2D eigenvalue weighted by atomic mass is 16.5. The van der Waals surface area contributed by atoms with Crippen LogP contribution in [0.5, 0.6) is 23.0 Å². The molecule has 0 aliphatic heterocycles. The Kier molecular flexibility index (Phi) is 8.13. The van der Waals surface area contributed by atoms with Gasteiger partial charge in [-0.05, 0) is 96.9 Å². The minimum absolute atomic E-state index is 0.0970. The Bertz CT molecular complexity index is 1210. The van der Waals surface area contributed by atoms with E-state index in [0.29, 0.717) is 60.2 Å². The first kappa shape index (κ1) is 29.7. The zero-order valence-corrected chi connectivity index (χ0v) is 26.4. The van der Waals surface area contributed by atoms with Crippen LogP contribution < -0.4 is 18.9 Å². The van der Waals surface area contributed by atoms with E-state index in [-0.39, 0.29) is 22.8 Å². The van der Waals surface area contributed by atoms with Gasteiger partial charge in [0.1, 0.15) is 23.0 Å². The van der Waals surface area contributed by atoms with Crippen LogP contribution in [0.2, 0.25) is 0 Å². The van der Waals surface area contributed by atoms with Gasteiger partial charge in [-0.1, -0.05) is 78.1 Å². The van der Waals surface area contributed by atoms with Crippen molar-refractivity contribution in [1.82, 2.24) is 0 Å². The molecule has 0 aromatic heterocycles. The van der Waals surface area contributed by atoms with E-state index in [4.69, 9.17) is 18.9 Å². The van der Waals surface area contributed by atoms with Gasteiger partial charge in [0.05, 0.1) is 24.0 Å². The molecular formula is C38H48O6. The van der Waals surface area contributed by atoms with Crippen LogP contribution in [0, 0.1) is 46.3 Å². The van der Waals surface area contributed by atoms with Crippen molar-refractivity contribution in [2.75, 3.05) is 13.2 Å². The Hall–Kier alpha value is -3.02. The third-order valence-corrected chi connectivity index (χ3v) is 11.7. The van der Waals surface area contributed by atoms with E-state index in [9.17, 15) is 9.59 Å². The summed E-state index contributed by atoms with van der Waals surface area (Å²) < 4.78 is 23.5. The predicted molar refractivity (Wildman–Crippen MR) is 168 cm³/mol. The largest absolute Gasteiger partial charge is 0.494 e. The molecule has 236 valence electrons. The fourth-order valence-electron chi connectivity index (χ4n) is 9.86. The monoisotopic (exact) mass is 600 g/mol. The van der Waals surface area contributed by atoms with Crippen molar-refractivity contribution in [3.63, 3.8) is 0 Å². The average molecular weight is 601 g/mol. The highest BCUT2D eigenvalue weighted by Crippen LogP contribution is 3.10. The van der Waals surface area contributed by atoms with Crippen LogP contribution >= 0.6 is 0 Å². The minimum atomic E-state index is -0.343. The molecule has 0 N–H and O–H groups in total. The Labute approximate surface area is 262 Å². The van der Waals surface area contributed by atoms with Gasteiger partial charge in [-0.15, -0.1) is 0 Å².